The van der Waals surface area contributed by atoms with Gasteiger partial charge in [0.1, 0.15) is 4.60 Å². The van der Waals surface area contributed by atoms with E-state index in [4.69, 9.17) is 0 Å². The average molecular weight is 291 g/mol. The number of benzene rings is 1. The zero-order chi connectivity index (χ0) is 12.3. The van der Waals surface area contributed by atoms with Gasteiger partial charge in [-0.1, -0.05) is 17.7 Å². The van der Waals surface area contributed by atoms with E-state index in [1.54, 1.807) is 12.1 Å². The summed E-state index contributed by atoms with van der Waals surface area (Å²) in [6, 6.07) is 11.1. The van der Waals surface area contributed by atoms with Crippen molar-refractivity contribution < 1.29 is 4.79 Å². The Kier molecular flexibility index (Phi) is 3.54. The van der Waals surface area contributed by atoms with Gasteiger partial charge in [-0.15, -0.1) is 0 Å². The van der Waals surface area contributed by atoms with Gasteiger partial charge in [0.25, 0.3) is 5.91 Å². The lowest BCUT2D eigenvalue weighted by atomic mass is 10.2. The second-order valence-corrected chi connectivity index (χ2v) is 4.50. The standard InChI is InChI=1S/C13H11BrN2O/c1-9-2-5-11(6-3-9)16-13(17)10-4-7-12(14)15-8-10/h2-8H,1H3,(H,16,17). The molecule has 0 unspecified atom stereocenters. The first-order chi connectivity index (χ1) is 8.15. The molecule has 1 aromatic carbocycles. The number of carbonyl (C=O) groups is 1. The van der Waals surface area contributed by atoms with Gasteiger partial charge in [0.15, 0.2) is 0 Å². The molecule has 0 aliphatic rings. The molecule has 2 rings (SSSR count). The number of aryl methyl sites for hydroxylation is 1. The van der Waals surface area contributed by atoms with Crippen LogP contribution >= 0.6 is 15.9 Å². The molecule has 0 spiro atoms. The lowest BCUT2D eigenvalue weighted by molar-refractivity contribution is 0.102. The van der Waals surface area contributed by atoms with Gasteiger partial charge in [0.05, 0.1) is 5.56 Å². The Morgan fingerprint density at radius 1 is 1.18 bits per heavy atom. The number of hydrogen-bond donors (Lipinski definition) is 1. The number of hydrogen-bond acceptors (Lipinski definition) is 2. The molecule has 0 aliphatic heterocycles. The molecule has 0 fully saturated rings. The predicted octanol–water partition coefficient (Wildman–Crippen LogP) is 3.40. The lowest BCUT2D eigenvalue weighted by Crippen LogP contribution is -2.11. The first-order valence-electron chi connectivity index (χ1n) is 5.15. The van der Waals surface area contributed by atoms with Gasteiger partial charge in [0.2, 0.25) is 0 Å². The molecule has 0 radical (unpaired) electrons. The topological polar surface area (TPSA) is 42.0 Å². The van der Waals surface area contributed by atoms with E-state index in [-0.39, 0.29) is 5.91 Å². The van der Waals surface area contributed by atoms with Crippen LogP contribution in [-0.2, 0) is 0 Å². The van der Waals surface area contributed by atoms with Crippen LogP contribution in [0.15, 0.2) is 47.2 Å². The molecule has 3 nitrogen and oxygen atoms in total. The number of halogens is 1. The van der Waals surface area contributed by atoms with Crippen LogP contribution in [0, 0.1) is 6.92 Å². The van der Waals surface area contributed by atoms with Gasteiger partial charge in [-0.25, -0.2) is 4.98 Å². The molecule has 1 heterocycles. The quantitative estimate of drug-likeness (QED) is 0.862. The molecule has 86 valence electrons. The van der Waals surface area contributed by atoms with E-state index < -0.39 is 0 Å². The molecular weight excluding hydrogens is 280 g/mol. The Morgan fingerprint density at radius 2 is 1.88 bits per heavy atom. The second kappa shape index (κ2) is 5.10. The van der Waals surface area contributed by atoms with Crippen LogP contribution in [0.3, 0.4) is 0 Å². The highest BCUT2D eigenvalue weighted by molar-refractivity contribution is 9.10. The van der Waals surface area contributed by atoms with Crippen molar-refractivity contribution in [2.45, 2.75) is 6.92 Å². The van der Waals surface area contributed by atoms with Crippen LogP contribution in [0.25, 0.3) is 0 Å². The molecular formula is C13H11BrN2O. The zero-order valence-electron chi connectivity index (χ0n) is 9.27. The van der Waals surface area contributed by atoms with Crippen LogP contribution in [0.4, 0.5) is 5.69 Å². The third-order valence-electron chi connectivity index (χ3n) is 2.30. The van der Waals surface area contributed by atoms with E-state index in [0.29, 0.717) is 10.2 Å². The summed E-state index contributed by atoms with van der Waals surface area (Å²) in [4.78, 5) is 15.9. The number of pyridine rings is 1. The normalized spacial score (nSPS) is 10.0. The van der Waals surface area contributed by atoms with Crippen LogP contribution in [0.1, 0.15) is 15.9 Å². The zero-order valence-corrected chi connectivity index (χ0v) is 10.9. The van der Waals surface area contributed by atoms with E-state index in [2.05, 4.69) is 26.2 Å². The SMILES string of the molecule is Cc1ccc(NC(=O)c2ccc(Br)nc2)cc1. The maximum Gasteiger partial charge on any atom is 0.257 e. The van der Waals surface area contributed by atoms with Gasteiger partial charge in [-0.2, -0.15) is 0 Å². The van der Waals surface area contributed by atoms with Crippen LogP contribution in [0.2, 0.25) is 0 Å². The summed E-state index contributed by atoms with van der Waals surface area (Å²) in [6.07, 6.45) is 1.54. The minimum absolute atomic E-state index is 0.158. The number of anilines is 1. The van der Waals surface area contributed by atoms with Gasteiger partial charge in [-0.3, -0.25) is 4.79 Å². The van der Waals surface area contributed by atoms with Crippen LogP contribution < -0.4 is 5.32 Å². The van der Waals surface area contributed by atoms with E-state index in [9.17, 15) is 4.79 Å². The van der Waals surface area contributed by atoms with E-state index in [1.807, 2.05) is 31.2 Å². The summed E-state index contributed by atoms with van der Waals surface area (Å²) in [5.41, 5.74) is 2.48. The van der Waals surface area contributed by atoms with Gasteiger partial charge in [-0.05, 0) is 47.1 Å². The third-order valence-corrected chi connectivity index (χ3v) is 2.77. The Bertz CT molecular complexity index is 520. The van der Waals surface area contributed by atoms with Crippen molar-refractivity contribution in [3.05, 3.63) is 58.3 Å². The van der Waals surface area contributed by atoms with Crippen molar-refractivity contribution in [3.63, 3.8) is 0 Å². The molecule has 0 aliphatic carbocycles. The molecule has 2 aromatic rings. The molecule has 0 saturated heterocycles. The number of amides is 1. The summed E-state index contributed by atoms with van der Waals surface area (Å²) < 4.78 is 0.712. The maximum absolute atomic E-state index is 11.8. The van der Waals surface area contributed by atoms with Crippen LogP contribution in [-0.4, -0.2) is 10.9 Å². The van der Waals surface area contributed by atoms with Crippen molar-refractivity contribution in [1.29, 1.82) is 0 Å². The van der Waals surface area contributed by atoms with Crippen molar-refractivity contribution in [3.8, 4) is 0 Å². The Hall–Kier alpha value is -1.68. The number of rotatable bonds is 2. The predicted molar refractivity (Wildman–Crippen MR) is 71.1 cm³/mol. The minimum Gasteiger partial charge on any atom is -0.322 e. The van der Waals surface area contributed by atoms with Crippen molar-refractivity contribution in [2.75, 3.05) is 5.32 Å². The Balaban J connectivity index is 2.11. The molecule has 0 atom stereocenters. The average Bonchev–Trinajstić information content (AvgIpc) is 2.33. The summed E-state index contributed by atoms with van der Waals surface area (Å²) in [5.74, 6) is -0.158. The highest BCUT2D eigenvalue weighted by Crippen LogP contribution is 2.11. The van der Waals surface area contributed by atoms with Crippen molar-refractivity contribution in [1.82, 2.24) is 4.98 Å². The molecule has 17 heavy (non-hydrogen) atoms. The lowest BCUT2D eigenvalue weighted by Gasteiger charge is -2.05. The third kappa shape index (κ3) is 3.14. The fourth-order valence-corrected chi connectivity index (χ4v) is 1.58. The Labute approximate surface area is 108 Å². The van der Waals surface area contributed by atoms with Crippen LogP contribution in [0.5, 0.6) is 0 Å². The molecule has 0 bridgehead atoms. The van der Waals surface area contributed by atoms with Gasteiger partial charge in [0, 0.05) is 11.9 Å². The second-order valence-electron chi connectivity index (χ2n) is 3.69. The van der Waals surface area contributed by atoms with Gasteiger partial charge < -0.3 is 5.32 Å². The first-order valence-corrected chi connectivity index (χ1v) is 5.94. The summed E-state index contributed by atoms with van der Waals surface area (Å²) >= 11 is 3.23. The fourth-order valence-electron chi connectivity index (χ4n) is 1.35. The molecule has 1 N–H and O–H groups in total. The fraction of sp³-hybridized carbons (Fsp3) is 0.0769. The number of carbonyl (C=O) groups excluding carboxylic acids is 1. The molecule has 1 aromatic heterocycles. The molecule has 1 amide bonds. The van der Waals surface area contributed by atoms with Crippen molar-refractivity contribution in [2.24, 2.45) is 0 Å². The van der Waals surface area contributed by atoms with Crippen molar-refractivity contribution >= 4 is 27.5 Å². The Morgan fingerprint density at radius 3 is 2.47 bits per heavy atom. The first kappa shape index (κ1) is 11.8. The number of nitrogens with zero attached hydrogens (tertiary/aromatic N) is 1. The highest BCUT2D eigenvalue weighted by atomic mass is 79.9. The monoisotopic (exact) mass is 290 g/mol. The number of nitrogens with one attached hydrogen (secondary N) is 1. The molecule has 4 heteroatoms. The number of aromatic nitrogens is 1. The summed E-state index contributed by atoms with van der Waals surface area (Å²) in [5, 5.41) is 2.81. The van der Waals surface area contributed by atoms with E-state index in [0.717, 1.165) is 11.3 Å². The van der Waals surface area contributed by atoms with Gasteiger partial charge >= 0.3 is 0 Å². The maximum atomic E-state index is 11.8. The summed E-state index contributed by atoms with van der Waals surface area (Å²) in [7, 11) is 0. The van der Waals surface area contributed by atoms with E-state index >= 15 is 0 Å². The molecule has 0 saturated carbocycles. The summed E-state index contributed by atoms with van der Waals surface area (Å²) in [6.45, 7) is 2.00. The van der Waals surface area contributed by atoms with E-state index in [1.165, 1.54) is 6.20 Å². The highest BCUT2D eigenvalue weighted by Gasteiger charge is 2.05. The smallest absolute Gasteiger partial charge is 0.257 e. The largest absolute Gasteiger partial charge is 0.322 e. The minimum atomic E-state index is -0.158.